The zero-order chi connectivity index (χ0) is 9.84. The SMILES string of the molecule is Cl.NCC[C@H](N)c1cc(F)cc(Br)c1. The Morgan fingerprint density at radius 3 is 2.50 bits per heavy atom. The first-order valence-electron chi connectivity index (χ1n) is 4.05. The van der Waals surface area contributed by atoms with Crippen LogP contribution in [0.2, 0.25) is 0 Å². The number of nitrogens with two attached hydrogens (primary N) is 2. The molecule has 0 fully saturated rings. The Kier molecular flexibility index (Phi) is 6.27. The van der Waals surface area contributed by atoms with Gasteiger partial charge in [-0.3, -0.25) is 0 Å². The molecule has 1 aromatic rings. The van der Waals surface area contributed by atoms with Crippen LogP contribution in [0.4, 0.5) is 4.39 Å². The molecule has 0 aliphatic rings. The number of hydrogen-bond acceptors (Lipinski definition) is 2. The van der Waals surface area contributed by atoms with Crippen LogP contribution in [0.15, 0.2) is 22.7 Å². The summed E-state index contributed by atoms with van der Waals surface area (Å²) < 4.78 is 13.6. The lowest BCUT2D eigenvalue weighted by molar-refractivity contribution is 0.610. The minimum atomic E-state index is -0.281. The van der Waals surface area contributed by atoms with Gasteiger partial charge in [0.15, 0.2) is 0 Å². The van der Waals surface area contributed by atoms with Crippen LogP contribution < -0.4 is 11.5 Å². The van der Waals surface area contributed by atoms with Crippen molar-refractivity contribution in [2.75, 3.05) is 6.54 Å². The largest absolute Gasteiger partial charge is 0.330 e. The Bertz CT molecular complexity index is 276. The van der Waals surface area contributed by atoms with Crippen molar-refractivity contribution >= 4 is 28.3 Å². The first kappa shape index (κ1) is 13.8. The summed E-state index contributed by atoms with van der Waals surface area (Å²) in [4.78, 5) is 0. The Morgan fingerprint density at radius 1 is 1.36 bits per heavy atom. The third kappa shape index (κ3) is 3.92. The van der Waals surface area contributed by atoms with Crippen molar-refractivity contribution in [2.45, 2.75) is 12.5 Å². The summed E-state index contributed by atoms with van der Waals surface area (Å²) in [5, 5.41) is 0. The van der Waals surface area contributed by atoms with Gasteiger partial charge in [0.2, 0.25) is 0 Å². The minimum absolute atomic E-state index is 0. The van der Waals surface area contributed by atoms with Gasteiger partial charge in [0, 0.05) is 10.5 Å². The Hall–Kier alpha value is -0.160. The van der Waals surface area contributed by atoms with Gasteiger partial charge in [-0.05, 0) is 36.7 Å². The van der Waals surface area contributed by atoms with Crippen LogP contribution in [0.25, 0.3) is 0 Å². The van der Waals surface area contributed by atoms with Crippen LogP contribution >= 0.6 is 28.3 Å². The van der Waals surface area contributed by atoms with E-state index in [2.05, 4.69) is 15.9 Å². The van der Waals surface area contributed by atoms with E-state index in [9.17, 15) is 4.39 Å². The molecular formula is C9H13BrClFN2. The van der Waals surface area contributed by atoms with E-state index in [0.717, 1.165) is 5.56 Å². The van der Waals surface area contributed by atoms with E-state index in [1.54, 1.807) is 0 Å². The summed E-state index contributed by atoms with van der Waals surface area (Å²) in [5.74, 6) is -0.281. The van der Waals surface area contributed by atoms with E-state index in [4.69, 9.17) is 11.5 Å². The smallest absolute Gasteiger partial charge is 0.124 e. The summed E-state index contributed by atoms with van der Waals surface area (Å²) in [5.41, 5.74) is 11.9. The average Bonchev–Trinajstić information content (AvgIpc) is 2.03. The summed E-state index contributed by atoms with van der Waals surface area (Å²) in [6.07, 6.45) is 0.663. The van der Waals surface area contributed by atoms with E-state index >= 15 is 0 Å². The van der Waals surface area contributed by atoms with Gasteiger partial charge in [-0.25, -0.2) is 4.39 Å². The quantitative estimate of drug-likeness (QED) is 0.895. The molecule has 80 valence electrons. The molecule has 0 saturated carbocycles. The van der Waals surface area contributed by atoms with Crippen molar-refractivity contribution in [3.8, 4) is 0 Å². The topological polar surface area (TPSA) is 52.0 Å². The first-order chi connectivity index (χ1) is 6.13. The van der Waals surface area contributed by atoms with Crippen molar-refractivity contribution in [2.24, 2.45) is 11.5 Å². The van der Waals surface area contributed by atoms with Gasteiger partial charge < -0.3 is 11.5 Å². The van der Waals surface area contributed by atoms with Crippen LogP contribution in [-0.4, -0.2) is 6.54 Å². The molecule has 0 aromatic heterocycles. The fraction of sp³-hybridized carbons (Fsp3) is 0.333. The average molecular weight is 284 g/mol. The molecule has 1 atom stereocenters. The molecule has 0 heterocycles. The van der Waals surface area contributed by atoms with Gasteiger partial charge in [-0.15, -0.1) is 12.4 Å². The lowest BCUT2D eigenvalue weighted by Gasteiger charge is -2.10. The summed E-state index contributed by atoms with van der Waals surface area (Å²) in [6, 6.07) is 4.46. The highest BCUT2D eigenvalue weighted by Crippen LogP contribution is 2.20. The molecule has 0 unspecified atom stereocenters. The third-order valence-corrected chi connectivity index (χ3v) is 2.25. The molecule has 1 rings (SSSR count). The van der Waals surface area contributed by atoms with E-state index < -0.39 is 0 Å². The fourth-order valence-electron chi connectivity index (χ4n) is 1.14. The van der Waals surface area contributed by atoms with Gasteiger partial charge in [0.05, 0.1) is 0 Å². The Labute approximate surface area is 97.4 Å². The number of rotatable bonds is 3. The molecule has 0 radical (unpaired) electrons. The van der Waals surface area contributed by atoms with Crippen LogP contribution in [0.1, 0.15) is 18.0 Å². The first-order valence-corrected chi connectivity index (χ1v) is 4.84. The highest BCUT2D eigenvalue weighted by atomic mass is 79.9. The molecule has 1 aromatic carbocycles. The van der Waals surface area contributed by atoms with E-state index in [-0.39, 0.29) is 24.3 Å². The summed E-state index contributed by atoms with van der Waals surface area (Å²) >= 11 is 3.21. The predicted octanol–water partition coefficient (Wildman–Crippen LogP) is 2.36. The zero-order valence-electron chi connectivity index (χ0n) is 7.54. The molecule has 5 heteroatoms. The maximum atomic E-state index is 12.9. The molecule has 0 aliphatic carbocycles. The van der Waals surface area contributed by atoms with Gasteiger partial charge in [-0.1, -0.05) is 15.9 Å². The number of benzene rings is 1. The molecule has 14 heavy (non-hydrogen) atoms. The van der Waals surface area contributed by atoms with Gasteiger partial charge in [0.1, 0.15) is 5.82 Å². The summed E-state index contributed by atoms with van der Waals surface area (Å²) in [6.45, 7) is 0.509. The molecule has 0 saturated heterocycles. The molecule has 0 aliphatic heterocycles. The molecule has 4 N–H and O–H groups in total. The lowest BCUT2D eigenvalue weighted by atomic mass is 10.1. The van der Waals surface area contributed by atoms with Crippen LogP contribution in [0.3, 0.4) is 0 Å². The van der Waals surface area contributed by atoms with Crippen LogP contribution in [-0.2, 0) is 0 Å². The second-order valence-electron chi connectivity index (χ2n) is 2.89. The van der Waals surface area contributed by atoms with Crippen molar-refractivity contribution in [3.63, 3.8) is 0 Å². The van der Waals surface area contributed by atoms with E-state index in [1.165, 1.54) is 12.1 Å². The lowest BCUT2D eigenvalue weighted by Crippen LogP contribution is -2.15. The predicted molar refractivity (Wildman–Crippen MR) is 61.9 cm³/mol. The number of halogens is 3. The minimum Gasteiger partial charge on any atom is -0.330 e. The maximum absolute atomic E-state index is 12.9. The van der Waals surface area contributed by atoms with Crippen molar-refractivity contribution in [1.29, 1.82) is 0 Å². The van der Waals surface area contributed by atoms with E-state index in [0.29, 0.717) is 17.4 Å². The molecule has 2 nitrogen and oxygen atoms in total. The second kappa shape index (κ2) is 6.35. The highest BCUT2D eigenvalue weighted by Gasteiger charge is 2.06. The maximum Gasteiger partial charge on any atom is 0.124 e. The summed E-state index contributed by atoms with van der Waals surface area (Å²) in [7, 11) is 0. The fourth-order valence-corrected chi connectivity index (χ4v) is 1.62. The van der Waals surface area contributed by atoms with Gasteiger partial charge >= 0.3 is 0 Å². The zero-order valence-corrected chi connectivity index (χ0v) is 9.94. The molecule has 0 amide bonds. The monoisotopic (exact) mass is 282 g/mol. The van der Waals surface area contributed by atoms with Gasteiger partial charge in [0.25, 0.3) is 0 Å². The molecular weight excluding hydrogens is 270 g/mol. The highest BCUT2D eigenvalue weighted by molar-refractivity contribution is 9.10. The second-order valence-corrected chi connectivity index (χ2v) is 3.80. The molecule has 0 bridgehead atoms. The Balaban J connectivity index is 0.00000169. The standard InChI is InChI=1S/C9H12BrFN2.ClH/c10-7-3-6(4-8(11)5-7)9(13)1-2-12;/h3-5,9H,1-2,12-13H2;1H/t9-;/m0./s1. The van der Waals surface area contributed by atoms with Crippen molar-refractivity contribution in [3.05, 3.63) is 34.1 Å². The normalized spacial score (nSPS) is 12.0. The van der Waals surface area contributed by atoms with Crippen LogP contribution in [0, 0.1) is 5.82 Å². The van der Waals surface area contributed by atoms with Crippen LogP contribution in [0.5, 0.6) is 0 Å². The third-order valence-electron chi connectivity index (χ3n) is 1.79. The van der Waals surface area contributed by atoms with Crippen molar-refractivity contribution < 1.29 is 4.39 Å². The number of hydrogen-bond donors (Lipinski definition) is 2. The molecule has 0 spiro atoms. The van der Waals surface area contributed by atoms with E-state index in [1.807, 2.05) is 6.07 Å². The van der Waals surface area contributed by atoms with Gasteiger partial charge in [-0.2, -0.15) is 0 Å². The Morgan fingerprint density at radius 2 is 2.00 bits per heavy atom. The van der Waals surface area contributed by atoms with Crippen molar-refractivity contribution in [1.82, 2.24) is 0 Å².